The lowest BCUT2D eigenvalue weighted by Crippen LogP contribution is -2.47. The second kappa shape index (κ2) is 10.4. The average molecular weight is 493 g/mol. The van der Waals surface area contributed by atoms with E-state index in [2.05, 4.69) is 38.1 Å². The number of anilines is 1. The third-order valence-electron chi connectivity index (χ3n) is 4.56. The van der Waals surface area contributed by atoms with Crippen molar-refractivity contribution >= 4 is 40.1 Å². The van der Waals surface area contributed by atoms with Gasteiger partial charge in [0.05, 0.1) is 6.54 Å². The topological polar surface area (TPSA) is 70.7 Å². The molecule has 0 bridgehead atoms. The summed E-state index contributed by atoms with van der Waals surface area (Å²) in [6.07, 6.45) is 1.65. The molecule has 0 atom stereocenters. The zero-order chi connectivity index (χ0) is 19.8. The van der Waals surface area contributed by atoms with Crippen LogP contribution in [0.3, 0.4) is 0 Å². The van der Waals surface area contributed by atoms with Gasteiger partial charge in [-0.05, 0) is 71.8 Å². The van der Waals surface area contributed by atoms with Crippen LogP contribution in [-0.2, 0) is 9.59 Å². The molecule has 3 rings (SSSR count). The Hall–Kier alpha value is -2.13. The summed E-state index contributed by atoms with van der Waals surface area (Å²) in [5.41, 5.74) is 0.808. The fraction of sp³-hybridized carbons (Fsp3) is 0.333. The van der Waals surface area contributed by atoms with Crippen molar-refractivity contribution in [2.45, 2.75) is 18.9 Å². The summed E-state index contributed by atoms with van der Waals surface area (Å²) < 4.78 is 6.64. The lowest BCUT2D eigenvalue weighted by atomic mass is 10.1. The van der Waals surface area contributed by atoms with Crippen LogP contribution in [0.5, 0.6) is 5.75 Å². The van der Waals surface area contributed by atoms with Gasteiger partial charge in [0.25, 0.3) is 5.91 Å². The Labute approximate surface area is 178 Å². The quantitative estimate of drug-likeness (QED) is 0.583. The molecule has 2 N–H and O–H groups in total. The van der Waals surface area contributed by atoms with E-state index in [4.69, 9.17) is 4.74 Å². The minimum absolute atomic E-state index is 0.0142. The summed E-state index contributed by atoms with van der Waals surface area (Å²) in [6.45, 7) is 1.95. The van der Waals surface area contributed by atoms with Gasteiger partial charge in [-0.25, -0.2) is 0 Å². The monoisotopic (exact) mass is 493 g/mol. The molecule has 2 aromatic carbocycles. The normalized spacial score (nSPS) is 15.0. The number of carbonyl (C=O) groups excluding carboxylic acids is 2. The summed E-state index contributed by atoms with van der Waals surface area (Å²) in [4.78, 5) is 26.4. The molecule has 28 heavy (non-hydrogen) atoms. The predicted octanol–water partition coefficient (Wildman–Crippen LogP) is 2.89. The van der Waals surface area contributed by atoms with E-state index >= 15 is 0 Å². The summed E-state index contributed by atoms with van der Waals surface area (Å²) in [6, 6.07) is 17.2. The lowest BCUT2D eigenvalue weighted by molar-refractivity contribution is -0.124. The number of benzene rings is 2. The maximum atomic E-state index is 12.1. The first-order chi connectivity index (χ1) is 13.6. The van der Waals surface area contributed by atoms with Crippen LogP contribution < -0.4 is 15.4 Å². The van der Waals surface area contributed by atoms with Gasteiger partial charge in [0.2, 0.25) is 5.91 Å². The molecule has 1 aliphatic rings. The van der Waals surface area contributed by atoms with Crippen molar-refractivity contribution in [2.24, 2.45) is 0 Å². The van der Waals surface area contributed by atoms with E-state index in [1.54, 1.807) is 0 Å². The first-order valence-corrected chi connectivity index (χ1v) is 10.4. The molecule has 1 saturated heterocycles. The number of piperidine rings is 1. The largest absolute Gasteiger partial charge is 0.484 e. The summed E-state index contributed by atoms with van der Waals surface area (Å²) in [5, 5.41) is 5.92. The lowest BCUT2D eigenvalue weighted by Gasteiger charge is -2.31. The van der Waals surface area contributed by atoms with Crippen LogP contribution in [0.15, 0.2) is 54.6 Å². The molecular formula is C21H24IN3O3. The number of nitrogens with zero attached hydrogens (tertiary/aromatic N) is 1. The Morgan fingerprint density at radius 2 is 1.68 bits per heavy atom. The first kappa shape index (κ1) is 20.6. The molecule has 0 aliphatic carbocycles. The third-order valence-corrected chi connectivity index (χ3v) is 5.28. The molecule has 0 radical (unpaired) electrons. The number of hydrogen-bond acceptors (Lipinski definition) is 4. The number of likely N-dealkylation sites (tertiary alicyclic amines) is 1. The van der Waals surface area contributed by atoms with E-state index in [0.717, 1.165) is 35.2 Å². The van der Waals surface area contributed by atoms with Crippen molar-refractivity contribution in [3.63, 3.8) is 0 Å². The molecule has 6 nitrogen and oxygen atoms in total. The van der Waals surface area contributed by atoms with Gasteiger partial charge in [0, 0.05) is 28.4 Å². The molecule has 7 heteroatoms. The van der Waals surface area contributed by atoms with E-state index in [1.807, 2.05) is 54.6 Å². The number of halogens is 1. The maximum Gasteiger partial charge on any atom is 0.258 e. The zero-order valence-electron chi connectivity index (χ0n) is 15.6. The van der Waals surface area contributed by atoms with Crippen LogP contribution in [0.1, 0.15) is 12.8 Å². The minimum atomic E-state index is -0.112. The molecule has 2 amide bonds. The highest BCUT2D eigenvalue weighted by atomic mass is 127. The van der Waals surface area contributed by atoms with Crippen molar-refractivity contribution < 1.29 is 14.3 Å². The maximum absolute atomic E-state index is 12.1. The van der Waals surface area contributed by atoms with Gasteiger partial charge in [-0.2, -0.15) is 0 Å². The highest BCUT2D eigenvalue weighted by molar-refractivity contribution is 14.1. The Morgan fingerprint density at radius 1 is 1.00 bits per heavy atom. The van der Waals surface area contributed by atoms with Crippen LogP contribution >= 0.6 is 22.6 Å². The second-order valence-electron chi connectivity index (χ2n) is 6.77. The molecule has 1 aliphatic heterocycles. The molecule has 0 spiro atoms. The van der Waals surface area contributed by atoms with Crippen molar-refractivity contribution in [3.05, 3.63) is 58.2 Å². The predicted molar refractivity (Wildman–Crippen MR) is 117 cm³/mol. The number of rotatable bonds is 7. The number of amides is 2. The van der Waals surface area contributed by atoms with E-state index in [0.29, 0.717) is 12.3 Å². The summed E-state index contributed by atoms with van der Waals surface area (Å²) >= 11 is 2.22. The van der Waals surface area contributed by atoms with E-state index in [1.165, 1.54) is 0 Å². The van der Waals surface area contributed by atoms with Crippen LogP contribution in [0.4, 0.5) is 5.69 Å². The van der Waals surface area contributed by atoms with Gasteiger partial charge >= 0.3 is 0 Å². The van der Waals surface area contributed by atoms with Crippen LogP contribution in [0.25, 0.3) is 0 Å². The van der Waals surface area contributed by atoms with E-state index in [9.17, 15) is 9.59 Å². The minimum Gasteiger partial charge on any atom is -0.484 e. The van der Waals surface area contributed by atoms with Crippen molar-refractivity contribution in [1.82, 2.24) is 10.2 Å². The second-order valence-corrected chi connectivity index (χ2v) is 8.02. The van der Waals surface area contributed by atoms with Gasteiger partial charge in [-0.15, -0.1) is 0 Å². The summed E-state index contributed by atoms with van der Waals surface area (Å²) in [7, 11) is 0. The fourth-order valence-electron chi connectivity index (χ4n) is 3.11. The molecule has 0 saturated carbocycles. The molecule has 0 unspecified atom stereocenters. The van der Waals surface area contributed by atoms with Gasteiger partial charge < -0.3 is 15.4 Å². The number of ether oxygens (including phenoxy) is 1. The number of hydrogen-bond donors (Lipinski definition) is 2. The average Bonchev–Trinajstić information content (AvgIpc) is 2.70. The molecule has 0 aromatic heterocycles. The Bertz CT molecular complexity index is 775. The Balaban J connectivity index is 1.33. The van der Waals surface area contributed by atoms with Crippen molar-refractivity contribution in [2.75, 3.05) is 31.6 Å². The number of carbonyl (C=O) groups is 2. The molecule has 1 heterocycles. The van der Waals surface area contributed by atoms with Gasteiger partial charge in [-0.3, -0.25) is 14.5 Å². The smallest absolute Gasteiger partial charge is 0.258 e. The number of nitrogens with one attached hydrogen (secondary N) is 2. The third kappa shape index (κ3) is 6.79. The van der Waals surface area contributed by atoms with Gasteiger partial charge in [0.15, 0.2) is 6.61 Å². The number of para-hydroxylation sites is 1. The van der Waals surface area contributed by atoms with E-state index in [-0.39, 0.29) is 24.5 Å². The van der Waals surface area contributed by atoms with Crippen molar-refractivity contribution in [1.29, 1.82) is 0 Å². The van der Waals surface area contributed by atoms with Crippen LogP contribution in [-0.4, -0.2) is 49.0 Å². The Kier molecular flexibility index (Phi) is 7.67. The van der Waals surface area contributed by atoms with Gasteiger partial charge in [-0.1, -0.05) is 18.2 Å². The van der Waals surface area contributed by atoms with E-state index < -0.39 is 0 Å². The molecule has 148 valence electrons. The summed E-state index contributed by atoms with van der Waals surface area (Å²) in [5.74, 6) is 0.563. The highest BCUT2D eigenvalue weighted by Gasteiger charge is 2.22. The van der Waals surface area contributed by atoms with Gasteiger partial charge in [0.1, 0.15) is 5.75 Å². The standard InChI is InChI=1S/C21H24IN3O3/c22-16-6-8-19(9-7-16)28-15-21(27)24-18-10-12-25(13-11-18)14-20(26)23-17-4-2-1-3-5-17/h1-9,18H,10-15H2,(H,23,26)(H,24,27). The van der Waals surface area contributed by atoms with Crippen LogP contribution in [0.2, 0.25) is 0 Å². The van der Waals surface area contributed by atoms with Crippen molar-refractivity contribution in [3.8, 4) is 5.75 Å². The zero-order valence-corrected chi connectivity index (χ0v) is 17.7. The molecule has 1 fully saturated rings. The first-order valence-electron chi connectivity index (χ1n) is 9.33. The molecule has 2 aromatic rings. The Morgan fingerprint density at radius 3 is 2.36 bits per heavy atom. The fourth-order valence-corrected chi connectivity index (χ4v) is 3.47. The molecular weight excluding hydrogens is 469 g/mol. The SMILES string of the molecule is O=C(CN1CCC(NC(=O)COc2ccc(I)cc2)CC1)Nc1ccccc1. The highest BCUT2D eigenvalue weighted by Crippen LogP contribution is 2.14. The van der Waals surface area contributed by atoms with Crippen LogP contribution in [0, 0.1) is 3.57 Å².